The van der Waals surface area contributed by atoms with Crippen LogP contribution < -0.4 is 10.0 Å². The van der Waals surface area contributed by atoms with Gasteiger partial charge in [0.1, 0.15) is 5.84 Å². The molecule has 178 valence electrons. The SMILES string of the molecule is O=C(CCN1C(=O)[C@H]2CCCC[C@H]2C1=O)Nc1ccc(S(=O)(=O)NC2=NCCCCC2)cc1. The number of fused-ring (bicyclic) bond motifs is 1. The van der Waals surface area contributed by atoms with E-state index in [0.717, 1.165) is 44.9 Å². The van der Waals surface area contributed by atoms with Crippen LogP contribution in [0.1, 0.15) is 57.8 Å². The van der Waals surface area contributed by atoms with Gasteiger partial charge in [0.05, 0.1) is 16.7 Å². The largest absolute Gasteiger partial charge is 0.326 e. The van der Waals surface area contributed by atoms with Crippen LogP contribution in [0.3, 0.4) is 0 Å². The minimum Gasteiger partial charge on any atom is -0.326 e. The average molecular weight is 475 g/mol. The Morgan fingerprint density at radius 3 is 2.30 bits per heavy atom. The molecule has 0 radical (unpaired) electrons. The van der Waals surface area contributed by atoms with Crippen LogP contribution in [0.2, 0.25) is 0 Å². The summed E-state index contributed by atoms with van der Waals surface area (Å²) in [5.74, 6) is -0.610. The third kappa shape index (κ3) is 5.43. The van der Waals surface area contributed by atoms with E-state index in [9.17, 15) is 22.8 Å². The zero-order valence-electron chi connectivity index (χ0n) is 18.6. The molecular formula is C23H30N4O5S. The van der Waals surface area contributed by atoms with Crippen molar-refractivity contribution in [1.82, 2.24) is 9.62 Å². The van der Waals surface area contributed by atoms with Crippen LogP contribution in [-0.2, 0) is 24.4 Å². The molecule has 2 aliphatic heterocycles. The lowest BCUT2D eigenvalue weighted by molar-refractivity contribution is -0.140. The highest BCUT2D eigenvalue weighted by atomic mass is 32.2. The van der Waals surface area contributed by atoms with Gasteiger partial charge in [0.2, 0.25) is 17.7 Å². The molecule has 3 aliphatic rings. The Labute approximate surface area is 194 Å². The lowest BCUT2D eigenvalue weighted by Crippen LogP contribution is -2.34. The number of imide groups is 1. The Morgan fingerprint density at radius 2 is 1.64 bits per heavy atom. The van der Waals surface area contributed by atoms with Crippen LogP contribution in [0, 0.1) is 11.8 Å². The summed E-state index contributed by atoms with van der Waals surface area (Å²) in [7, 11) is -3.74. The van der Waals surface area contributed by atoms with E-state index in [4.69, 9.17) is 0 Å². The van der Waals surface area contributed by atoms with Gasteiger partial charge >= 0.3 is 0 Å². The molecular weight excluding hydrogens is 444 g/mol. The fraction of sp³-hybridized carbons (Fsp3) is 0.565. The van der Waals surface area contributed by atoms with Gasteiger partial charge in [-0.2, -0.15) is 0 Å². The Balaban J connectivity index is 1.30. The van der Waals surface area contributed by atoms with Gasteiger partial charge in [-0.05, 0) is 49.9 Å². The second kappa shape index (κ2) is 10.0. The van der Waals surface area contributed by atoms with Crippen molar-refractivity contribution in [1.29, 1.82) is 0 Å². The summed E-state index contributed by atoms with van der Waals surface area (Å²) in [5.41, 5.74) is 0.443. The second-order valence-electron chi connectivity index (χ2n) is 8.89. The number of amidine groups is 1. The number of aliphatic imine (C=N–C) groups is 1. The summed E-state index contributed by atoms with van der Waals surface area (Å²) < 4.78 is 27.8. The lowest BCUT2D eigenvalue weighted by atomic mass is 9.81. The Morgan fingerprint density at radius 1 is 0.970 bits per heavy atom. The van der Waals surface area contributed by atoms with E-state index in [1.54, 1.807) is 0 Å². The number of carbonyl (C=O) groups is 3. The van der Waals surface area contributed by atoms with Gasteiger partial charge in [0.15, 0.2) is 0 Å². The summed E-state index contributed by atoms with van der Waals surface area (Å²) in [6, 6.07) is 5.88. The minimum absolute atomic E-state index is 0.00164. The first-order valence-corrected chi connectivity index (χ1v) is 13.1. The van der Waals surface area contributed by atoms with Crippen molar-refractivity contribution in [2.75, 3.05) is 18.4 Å². The molecule has 0 aromatic heterocycles. The van der Waals surface area contributed by atoms with E-state index in [0.29, 0.717) is 24.5 Å². The van der Waals surface area contributed by atoms with Crippen LogP contribution in [0.4, 0.5) is 5.69 Å². The molecule has 0 bridgehead atoms. The maximum absolute atomic E-state index is 12.6. The molecule has 1 aromatic carbocycles. The van der Waals surface area contributed by atoms with Crippen molar-refractivity contribution in [3.63, 3.8) is 0 Å². The molecule has 9 nitrogen and oxygen atoms in total. The number of benzene rings is 1. The van der Waals surface area contributed by atoms with E-state index in [-0.39, 0.29) is 47.4 Å². The molecule has 1 aliphatic carbocycles. The first kappa shape index (κ1) is 23.4. The molecule has 1 aromatic rings. The number of nitrogens with zero attached hydrogens (tertiary/aromatic N) is 2. The fourth-order valence-electron chi connectivity index (χ4n) is 4.78. The van der Waals surface area contributed by atoms with Gasteiger partial charge in [-0.1, -0.05) is 19.3 Å². The smallest absolute Gasteiger partial charge is 0.262 e. The van der Waals surface area contributed by atoms with Crippen LogP contribution >= 0.6 is 0 Å². The van der Waals surface area contributed by atoms with Crippen molar-refractivity contribution in [2.45, 2.75) is 62.7 Å². The zero-order valence-corrected chi connectivity index (χ0v) is 19.4. The minimum atomic E-state index is -3.74. The summed E-state index contributed by atoms with van der Waals surface area (Å²) in [6.45, 7) is 0.688. The molecule has 2 N–H and O–H groups in total. The molecule has 0 spiro atoms. The van der Waals surface area contributed by atoms with E-state index in [2.05, 4.69) is 15.0 Å². The van der Waals surface area contributed by atoms with Crippen LogP contribution in [0.15, 0.2) is 34.2 Å². The first-order valence-electron chi connectivity index (χ1n) is 11.7. The van der Waals surface area contributed by atoms with E-state index in [1.165, 1.54) is 29.2 Å². The Bertz CT molecular complexity index is 1030. The van der Waals surface area contributed by atoms with Crippen LogP contribution in [-0.4, -0.2) is 50.0 Å². The molecule has 10 heteroatoms. The predicted molar refractivity (Wildman–Crippen MR) is 123 cm³/mol. The van der Waals surface area contributed by atoms with Crippen molar-refractivity contribution in [3.8, 4) is 0 Å². The number of likely N-dealkylation sites (tertiary alicyclic amines) is 1. The standard InChI is InChI=1S/C23H30N4O5S/c28-21(13-15-27-22(29)18-6-3-4-7-19(18)23(27)30)25-16-9-11-17(12-10-16)33(31,32)26-20-8-2-1-5-14-24-20/h9-12,18-19H,1-8,13-15H2,(H,24,26)(H,25,28)/t18-,19+. The molecule has 1 saturated carbocycles. The lowest BCUT2D eigenvalue weighted by Gasteiger charge is -2.19. The fourth-order valence-corrected chi connectivity index (χ4v) is 5.87. The molecule has 1 saturated heterocycles. The second-order valence-corrected chi connectivity index (χ2v) is 10.6. The van der Waals surface area contributed by atoms with Crippen LogP contribution in [0.25, 0.3) is 0 Å². The van der Waals surface area contributed by atoms with Crippen LogP contribution in [0.5, 0.6) is 0 Å². The quantitative estimate of drug-likeness (QED) is 0.613. The maximum atomic E-state index is 12.6. The molecule has 4 rings (SSSR count). The zero-order chi connectivity index (χ0) is 23.4. The van der Waals surface area contributed by atoms with Gasteiger partial charge in [0.25, 0.3) is 10.0 Å². The van der Waals surface area contributed by atoms with Crippen molar-refractivity contribution < 1.29 is 22.8 Å². The van der Waals surface area contributed by atoms with Gasteiger partial charge in [-0.15, -0.1) is 0 Å². The summed E-state index contributed by atoms with van der Waals surface area (Å²) >= 11 is 0. The number of sulfonamides is 1. The van der Waals surface area contributed by atoms with E-state index < -0.39 is 10.0 Å². The van der Waals surface area contributed by atoms with Gasteiger partial charge in [-0.3, -0.25) is 29.0 Å². The third-order valence-corrected chi connectivity index (χ3v) is 7.97. The first-order chi connectivity index (χ1) is 15.8. The number of nitrogens with one attached hydrogen (secondary N) is 2. The van der Waals surface area contributed by atoms with E-state index >= 15 is 0 Å². The van der Waals surface area contributed by atoms with Gasteiger partial charge in [-0.25, -0.2) is 8.42 Å². The molecule has 3 amide bonds. The monoisotopic (exact) mass is 474 g/mol. The predicted octanol–water partition coefficient (Wildman–Crippen LogP) is 2.44. The summed E-state index contributed by atoms with van der Waals surface area (Å²) in [4.78, 5) is 43.0. The van der Waals surface area contributed by atoms with E-state index in [1.807, 2.05) is 0 Å². The number of hydrogen-bond acceptors (Lipinski definition) is 6. The normalized spacial score (nSPS) is 23.5. The number of rotatable bonds is 6. The highest BCUT2D eigenvalue weighted by molar-refractivity contribution is 7.90. The van der Waals surface area contributed by atoms with Crippen molar-refractivity contribution in [3.05, 3.63) is 24.3 Å². The maximum Gasteiger partial charge on any atom is 0.262 e. The molecule has 33 heavy (non-hydrogen) atoms. The van der Waals surface area contributed by atoms with Crippen molar-refractivity contribution >= 4 is 39.3 Å². The average Bonchev–Trinajstić information content (AvgIpc) is 2.95. The third-order valence-electron chi connectivity index (χ3n) is 6.57. The molecule has 2 fully saturated rings. The highest BCUT2D eigenvalue weighted by Gasteiger charge is 2.47. The number of amides is 3. The highest BCUT2D eigenvalue weighted by Crippen LogP contribution is 2.38. The van der Waals surface area contributed by atoms with Gasteiger partial charge in [0, 0.05) is 31.6 Å². The van der Waals surface area contributed by atoms with Gasteiger partial charge < -0.3 is 5.32 Å². The Hall–Kier alpha value is -2.75. The topological polar surface area (TPSA) is 125 Å². The molecule has 0 unspecified atom stereocenters. The molecule has 2 atom stereocenters. The van der Waals surface area contributed by atoms with Crippen molar-refractivity contribution in [2.24, 2.45) is 16.8 Å². The molecule has 2 heterocycles. The number of carbonyl (C=O) groups excluding carboxylic acids is 3. The summed E-state index contributed by atoms with van der Waals surface area (Å²) in [6.07, 6.45) is 6.92. The number of anilines is 1. The number of hydrogen-bond donors (Lipinski definition) is 2. The summed E-state index contributed by atoms with van der Waals surface area (Å²) in [5, 5.41) is 2.70. The Kier molecular flexibility index (Phi) is 7.11.